The summed E-state index contributed by atoms with van der Waals surface area (Å²) in [5, 5.41) is 4.31. The van der Waals surface area contributed by atoms with E-state index in [1.54, 1.807) is 41.1 Å². The third-order valence-electron chi connectivity index (χ3n) is 3.61. The lowest BCUT2D eigenvalue weighted by atomic mass is 10.1. The van der Waals surface area contributed by atoms with Gasteiger partial charge in [-0.2, -0.15) is 5.10 Å². The lowest BCUT2D eigenvalue weighted by molar-refractivity contribution is 0.596. The molecule has 0 unspecified atom stereocenters. The highest BCUT2D eigenvalue weighted by Gasteiger charge is 2.17. The highest BCUT2D eigenvalue weighted by molar-refractivity contribution is 9.10. The first-order chi connectivity index (χ1) is 10.9. The van der Waals surface area contributed by atoms with Gasteiger partial charge >= 0.3 is 0 Å². The third kappa shape index (κ3) is 3.09. The van der Waals surface area contributed by atoms with Gasteiger partial charge in [-0.15, -0.1) is 0 Å². The summed E-state index contributed by atoms with van der Waals surface area (Å²) in [6.07, 6.45) is 1.92. The molecule has 0 aliphatic heterocycles. The number of sulfone groups is 1. The van der Waals surface area contributed by atoms with E-state index in [1.165, 1.54) is 0 Å². The Morgan fingerprint density at radius 2 is 1.48 bits per heavy atom. The summed E-state index contributed by atoms with van der Waals surface area (Å²) in [6, 6.07) is 13.5. The van der Waals surface area contributed by atoms with Crippen LogP contribution in [-0.2, 0) is 16.9 Å². The summed E-state index contributed by atoms with van der Waals surface area (Å²) in [7, 11) is -1.64. The lowest BCUT2D eigenvalue weighted by Gasteiger charge is -2.06. The number of hydrogen-bond acceptors (Lipinski definition) is 3. The van der Waals surface area contributed by atoms with E-state index in [9.17, 15) is 8.42 Å². The number of aromatic nitrogens is 2. The standard InChI is InChI=1S/C17H15BrN2O2S/c1-12-17(11-20(2)19-12)13-3-7-15(8-4-13)23(21,22)16-9-5-14(18)6-10-16/h3-11H,1-2H3. The first-order valence-electron chi connectivity index (χ1n) is 6.99. The average Bonchev–Trinajstić information content (AvgIpc) is 2.86. The SMILES string of the molecule is Cc1nn(C)cc1-c1ccc(S(=O)(=O)c2ccc(Br)cc2)cc1. The van der Waals surface area contributed by atoms with Crippen molar-refractivity contribution in [3.05, 3.63) is 64.9 Å². The maximum absolute atomic E-state index is 12.6. The molecular formula is C17H15BrN2O2S. The smallest absolute Gasteiger partial charge is 0.206 e. The van der Waals surface area contributed by atoms with Gasteiger partial charge in [0.1, 0.15) is 0 Å². The summed E-state index contributed by atoms with van der Waals surface area (Å²) in [6.45, 7) is 1.93. The van der Waals surface area contributed by atoms with Crippen LogP contribution in [0.3, 0.4) is 0 Å². The Morgan fingerprint density at radius 3 is 1.96 bits per heavy atom. The number of halogens is 1. The minimum absolute atomic E-state index is 0.283. The van der Waals surface area contributed by atoms with Crippen molar-refractivity contribution in [2.45, 2.75) is 16.7 Å². The molecule has 0 atom stereocenters. The maximum Gasteiger partial charge on any atom is 0.206 e. The molecule has 0 saturated carbocycles. The highest BCUT2D eigenvalue weighted by Crippen LogP contribution is 2.27. The zero-order valence-electron chi connectivity index (χ0n) is 12.7. The van der Waals surface area contributed by atoms with E-state index in [2.05, 4.69) is 21.0 Å². The summed E-state index contributed by atoms with van der Waals surface area (Å²) in [4.78, 5) is 0.566. The fraction of sp³-hybridized carbons (Fsp3) is 0.118. The Morgan fingerprint density at radius 1 is 0.957 bits per heavy atom. The minimum Gasteiger partial charge on any atom is -0.275 e. The summed E-state index contributed by atoms with van der Waals surface area (Å²) in [5.41, 5.74) is 2.86. The van der Waals surface area contributed by atoms with Crippen molar-refractivity contribution in [1.29, 1.82) is 0 Å². The summed E-state index contributed by atoms with van der Waals surface area (Å²) < 4.78 is 27.9. The van der Waals surface area contributed by atoms with Gasteiger partial charge < -0.3 is 0 Å². The fourth-order valence-electron chi connectivity index (χ4n) is 2.45. The van der Waals surface area contributed by atoms with Crippen LogP contribution in [0.15, 0.2) is 69.0 Å². The Hall–Kier alpha value is -1.92. The first-order valence-corrected chi connectivity index (χ1v) is 9.27. The second kappa shape index (κ2) is 5.94. The van der Waals surface area contributed by atoms with Gasteiger partial charge in [0, 0.05) is 23.3 Å². The average molecular weight is 391 g/mol. The molecular weight excluding hydrogens is 376 g/mol. The van der Waals surface area contributed by atoms with E-state index < -0.39 is 9.84 Å². The molecule has 1 heterocycles. The number of rotatable bonds is 3. The van der Waals surface area contributed by atoms with Crippen molar-refractivity contribution in [2.75, 3.05) is 0 Å². The van der Waals surface area contributed by atoms with Gasteiger partial charge in [0.05, 0.1) is 15.5 Å². The highest BCUT2D eigenvalue weighted by atomic mass is 79.9. The molecule has 4 nitrogen and oxygen atoms in total. The molecule has 6 heteroatoms. The molecule has 0 aliphatic rings. The molecule has 23 heavy (non-hydrogen) atoms. The maximum atomic E-state index is 12.6. The fourth-order valence-corrected chi connectivity index (χ4v) is 3.97. The molecule has 0 spiro atoms. The molecule has 3 rings (SSSR count). The second-order valence-electron chi connectivity index (χ2n) is 5.28. The Kier molecular flexibility index (Phi) is 4.12. The molecule has 0 fully saturated rings. The van der Waals surface area contributed by atoms with Crippen LogP contribution in [0.25, 0.3) is 11.1 Å². The normalized spacial score (nSPS) is 11.6. The van der Waals surface area contributed by atoms with Crippen LogP contribution in [0.4, 0.5) is 0 Å². The van der Waals surface area contributed by atoms with Crippen molar-refractivity contribution < 1.29 is 8.42 Å². The summed E-state index contributed by atoms with van der Waals surface area (Å²) >= 11 is 3.31. The molecule has 118 valence electrons. The van der Waals surface area contributed by atoms with Gasteiger partial charge in [0.25, 0.3) is 0 Å². The molecule has 0 aliphatic carbocycles. The van der Waals surface area contributed by atoms with Crippen molar-refractivity contribution in [1.82, 2.24) is 9.78 Å². The van der Waals surface area contributed by atoms with E-state index in [0.717, 1.165) is 21.3 Å². The first kappa shape index (κ1) is 16.0. The molecule has 0 N–H and O–H groups in total. The van der Waals surface area contributed by atoms with E-state index in [0.29, 0.717) is 0 Å². The molecule has 0 radical (unpaired) electrons. The van der Waals surface area contributed by atoms with Crippen LogP contribution < -0.4 is 0 Å². The molecule has 0 amide bonds. The number of nitrogens with zero attached hydrogens (tertiary/aromatic N) is 2. The molecule has 0 bridgehead atoms. The van der Waals surface area contributed by atoms with Gasteiger partial charge in [0.2, 0.25) is 9.84 Å². The van der Waals surface area contributed by atoms with Crippen LogP contribution in [0.5, 0.6) is 0 Å². The molecule has 1 aromatic heterocycles. The molecule has 2 aromatic carbocycles. The molecule has 3 aromatic rings. The zero-order valence-corrected chi connectivity index (χ0v) is 15.1. The monoisotopic (exact) mass is 390 g/mol. The lowest BCUT2D eigenvalue weighted by Crippen LogP contribution is -2.01. The Balaban J connectivity index is 1.99. The van der Waals surface area contributed by atoms with Crippen molar-refractivity contribution in [2.24, 2.45) is 7.05 Å². The van der Waals surface area contributed by atoms with Crippen molar-refractivity contribution >= 4 is 25.8 Å². The van der Waals surface area contributed by atoms with Gasteiger partial charge in [-0.05, 0) is 48.9 Å². The largest absolute Gasteiger partial charge is 0.275 e. The Labute approximate surface area is 143 Å². The predicted octanol–water partition coefficient (Wildman–Crippen LogP) is 3.99. The molecule has 0 saturated heterocycles. The third-order valence-corrected chi connectivity index (χ3v) is 5.93. The van der Waals surface area contributed by atoms with Crippen LogP contribution >= 0.6 is 15.9 Å². The Bertz CT molecular complexity index is 943. The van der Waals surface area contributed by atoms with Crippen molar-refractivity contribution in [3.63, 3.8) is 0 Å². The summed E-state index contributed by atoms with van der Waals surface area (Å²) in [5.74, 6) is 0. The van der Waals surface area contributed by atoms with Crippen LogP contribution in [-0.4, -0.2) is 18.2 Å². The van der Waals surface area contributed by atoms with Crippen molar-refractivity contribution in [3.8, 4) is 11.1 Å². The van der Waals surface area contributed by atoms with E-state index in [-0.39, 0.29) is 9.79 Å². The minimum atomic E-state index is -3.50. The van der Waals surface area contributed by atoms with Crippen LogP contribution in [0.2, 0.25) is 0 Å². The van der Waals surface area contributed by atoms with Gasteiger partial charge in [-0.3, -0.25) is 4.68 Å². The van der Waals surface area contributed by atoms with Crippen LogP contribution in [0.1, 0.15) is 5.69 Å². The van der Waals surface area contributed by atoms with Gasteiger partial charge in [-0.25, -0.2) is 8.42 Å². The number of hydrogen-bond donors (Lipinski definition) is 0. The topological polar surface area (TPSA) is 52.0 Å². The van der Waals surface area contributed by atoms with Gasteiger partial charge in [-0.1, -0.05) is 28.1 Å². The van der Waals surface area contributed by atoms with Crippen LogP contribution in [0, 0.1) is 6.92 Å². The van der Waals surface area contributed by atoms with Gasteiger partial charge in [0.15, 0.2) is 0 Å². The van der Waals surface area contributed by atoms with E-state index in [4.69, 9.17) is 0 Å². The predicted molar refractivity (Wildman–Crippen MR) is 93.0 cm³/mol. The van der Waals surface area contributed by atoms with E-state index >= 15 is 0 Å². The quantitative estimate of drug-likeness (QED) is 0.679. The number of aryl methyl sites for hydroxylation is 2. The second-order valence-corrected chi connectivity index (χ2v) is 8.15. The zero-order chi connectivity index (χ0) is 16.6. The van der Waals surface area contributed by atoms with E-state index in [1.807, 2.05) is 32.3 Å². The number of benzene rings is 2.